The van der Waals surface area contributed by atoms with Crippen molar-refractivity contribution in [3.63, 3.8) is 0 Å². The van der Waals surface area contributed by atoms with E-state index in [9.17, 15) is 0 Å². The van der Waals surface area contributed by atoms with Crippen molar-refractivity contribution in [2.75, 3.05) is 0 Å². The van der Waals surface area contributed by atoms with Crippen molar-refractivity contribution < 1.29 is 36.5 Å². The summed E-state index contributed by atoms with van der Waals surface area (Å²) in [5, 5.41) is 0. The largest absolute Gasteiger partial charge is 2.00 e. The predicted molar refractivity (Wildman–Crippen MR) is 25.3 cm³/mol. The second kappa shape index (κ2) is 7.32. The summed E-state index contributed by atoms with van der Waals surface area (Å²) in [6, 6.07) is 12.5. The second-order valence-corrected chi connectivity index (χ2v) is 1.08. The van der Waals surface area contributed by atoms with E-state index in [1.54, 1.807) is 0 Å². The SMILES string of the molecule is [Br-].[Zn+2].[c-]1ccccc1. The van der Waals surface area contributed by atoms with Crippen LogP contribution in [0.5, 0.6) is 0 Å². The van der Waals surface area contributed by atoms with Gasteiger partial charge in [-0.1, -0.05) is 0 Å². The molecular weight excluding hydrogens is 217 g/mol. The number of halogens is 1. The molecule has 1 aromatic rings. The van der Waals surface area contributed by atoms with Crippen molar-refractivity contribution in [1.29, 1.82) is 0 Å². The molecule has 38 valence electrons. The van der Waals surface area contributed by atoms with Crippen LogP contribution in [0.25, 0.3) is 0 Å². The normalized spacial score (nSPS) is 6.00. The quantitative estimate of drug-likeness (QED) is 0.370. The van der Waals surface area contributed by atoms with Crippen LogP contribution >= 0.6 is 0 Å². The summed E-state index contributed by atoms with van der Waals surface area (Å²) < 4.78 is 0. The molecule has 0 aliphatic rings. The molecule has 8 heavy (non-hydrogen) atoms. The minimum absolute atomic E-state index is 0. The summed E-state index contributed by atoms with van der Waals surface area (Å²) in [5.74, 6) is 0. The molecule has 0 N–H and O–H groups in total. The van der Waals surface area contributed by atoms with E-state index in [1.807, 2.05) is 30.3 Å². The van der Waals surface area contributed by atoms with Gasteiger partial charge in [-0.15, -0.1) is 0 Å². The van der Waals surface area contributed by atoms with Gasteiger partial charge in [-0.25, -0.2) is 0 Å². The van der Waals surface area contributed by atoms with Gasteiger partial charge in [-0.05, 0) is 0 Å². The van der Waals surface area contributed by atoms with E-state index in [4.69, 9.17) is 0 Å². The van der Waals surface area contributed by atoms with Gasteiger partial charge in [-0.3, -0.25) is 0 Å². The molecule has 0 saturated heterocycles. The summed E-state index contributed by atoms with van der Waals surface area (Å²) in [4.78, 5) is 0. The molecule has 0 aliphatic carbocycles. The Kier molecular flexibility index (Phi) is 10.2. The van der Waals surface area contributed by atoms with Crippen molar-refractivity contribution in [3.8, 4) is 0 Å². The third-order valence-electron chi connectivity index (χ3n) is 0.607. The van der Waals surface area contributed by atoms with Gasteiger partial charge in [0.25, 0.3) is 0 Å². The Morgan fingerprint density at radius 3 is 1.50 bits per heavy atom. The van der Waals surface area contributed by atoms with Gasteiger partial charge < -0.3 is 17.0 Å². The summed E-state index contributed by atoms with van der Waals surface area (Å²) in [5.41, 5.74) is 0. The van der Waals surface area contributed by atoms with Gasteiger partial charge in [-0.2, -0.15) is 36.4 Å². The molecule has 0 aromatic heterocycles. The Bertz CT molecular complexity index is 80.5. The number of hydrogen-bond acceptors (Lipinski definition) is 0. The van der Waals surface area contributed by atoms with Crippen LogP contribution in [0, 0.1) is 6.07 Å². The smallest absolute Gasteiger partial charge is 1.00 e. The fraction of sp³-hybridized carbons (Fsp3) is 0. The van der Waals surface area contributed by atoms with E-state index < -0.39 is 0 Å². The molecule has 0 atom stereocenters. The molecular formula is C6H5BrZn. The van der Waals surface area contributed by atoms with Gasteiger partial charge in [0.2, 0.25) is 0 Å². The molecule has 0 nitrogen and oxygen atoms in total. The Labute approximate surface area is 72.8 Å². The maximum absolute atomic E-state index is 2.89. The van der Waals surface area contributed by atoms with Crippen molar-refractivity contribution in [1.82, 2.24) is 0 Å². The van der Waals surface area contributed by atoms with Crippen LogP contribution in [0.1, 0.15) is 0 Å². The minimum atomic E-state index is 0. The molecule has 0 aliphatic heterocycles. The first-order valence-electron chi connectivity index (χ1n) is 1.91. The molecule has 0 bridgehead atoms. The summed E-state index contributed by atoms with van der Waals surface area (Å²) in [6.45, 7) is 0. The fourth-order valence-corrected chi connectivity index (χ4v) is 0.342. The first kappa shape index (κ1) is 11.2. The van der Waals surface area contributed by atoms with Crippen molar-refractivity contribution in [3.05, 3.63) is 36.4 Å². The maximum Gasteiger partial charge on any atom is 2.00 e. The van der Waals surface area contributed by atoms with E-state index in [-0.39, 0.29) is 36.5 Å². The third kappa shape index (κ3) is 4.48. The van der Waals surface area contributed by atoms with Crippen molar-refractivity contribution in [2.45, 2.75) is 0 Å². The topological polar surface area (TPSA) is 0 Å². The zero-order valence-electron chi connectivity index (χ0n) is 4.47. The van der Waals surface area contributed by atoms with Crippen LogP contribution < -0.4 is 17.0 Å². The average molecular weight is 222 g/mol. The van der Waals surface area contributed by atoms with Gasteiger partial charge in [0.05, 0.1) is 0 Å². The molecule has 0 unspecified atom stereocenters. The molecule has 0 amide bonds. The van der Waals surface area contributed by atoms with Crippen molar-refractivity contribution >= 4 is 0 Å². The second-order valence-electron chi connectivity index (χ2n) is 1.08. The van der Waals surface area contributed by atoms with E-state index in [0.29, 0.717) is 0 Å². The summed E-state index contributed by atoms with van der Waals surface area (Å²) in [7, 11) is 0. The monoisotopic (exact) mass is 220 g/mol. The van der Waals surface area contributed by atoms with Crippen molar-refractivity contribution in [2.24, 2.45) is 0 Å². The fourth-order valence-electron chi connectivity index (χ4n) is 0.342. The first-order valence-corrected chi connectivity index (χ1v) is 1.91. The summed E-state index contributed by atoms with van der Waals surface area (Å²) >= 11 is 0. The van der Waals surface area contributed by atoms with E-state index in [1.165, 1.54) is 0 Å². The predicted octanol–water partition coefficient (Wildman–Crippen LogP) is -1.51. The standard InChI is InChI=1S/C6H5.BrH.Zn/c1-2-4-6-5-3-1;;/h1-5H;1H;/q-1;;+2/p-1. The average Bonchev–Trinajstić information content (AvgIpc) is 1.72. The van der Waals surface area contributed by atoms with Gasteiger partial charge in [0.15, 0.2) is 0 Å². The Morgan fingerprint density at radius 1 is 0.875 bits per heavy atom. The first-order chi connectivity index (χ1) is 3.00. The number of benzene rings is 1. The van der Waals surface area contributed by atoms with Gasteiger partial charge in [0, 0.05) is 0 Å². The molecule has 0 radical (unpaired) electrons. The molecule has 0 fully saturated rings. The Morgan fingerprint density at radius 2 is 1.38 bits per heavy atom. The van der Waals surface area contributed by atoms with Gasteiger partial charge in [0.1, 0.15) is 0 Å². The van der Waals surface area contributed by atoms with Crippen LogP contribution in [0.4, 0.5) is 0 Å². The van der Waals surface area contributed by atoms with Crippen LogP contribution in [-0.4, -0.2) is 0 Å². The Hall–Kier alpha value is 0.323. The van der Waals surface area contributed by atoms with Crippen LogP contribution in [0.2, 0.25) is 0 Å². The Balaban J connectivity index is 0. The molecule has 1 aromatic carbocycles. The molecule has 0 saturated carbocycles. The van der Waals surface area contributed by atoms with Crippen LogP contribution in [-0.2, 0) is 19.5 Å². The molecule has 0 spiro atoms. The number of rotatable bonds is 0. The minimum Gasteiger partial charge on any atom is -1.00 e. The molecule has 0 heterocycles. The molecule has 1 rings (SSSR count). The third-order valence-corrected chi connectivity index (χ3v) is 0.607. The summed E-state index contributed by atoms with van der Waals surface area (Å²) in [6.07, 6.45) is 0. The number of hydrogen-bond donors (Lipinski definition) is 0. The van der Waals surface area contributed by atoms with Gasteiger partial charge >= 0.3 is 19.5 Å². The zero-order valence-corrected chi connectivity index (χ0v) is 9.02. The molecule has 2 heteroatoms. The van der Waals surface area contributed by atoms with E-state index >= 15 is 0 Å². The van der Waals surface area contributed by atoms with Crippen LogP contribution in [0.15, 0.2) is 30.3 Å². The maximum atomic E-state index is 2.89. The van der Waals surface area contributed by atoms with E-state index in [0.717, 1.165) is 0 Å². The van der Waals surface area contributed by atoms with Crippen LogP contribution in [0.3, 0.4) is 0 Å². The van der Waals surface area contributed by atoms with E-state index in [2.05, 4.69) is 6.07 Å². The zero-order chi connectivity index (χ0) is 4.24.